The molecule has 0 aliphatic carbocycles. The molecule has 1 heterocycles. The van der Waals surface area contributed by atoms with Gasteiger partial charge in [0.2, 0.25) is 0 Å². The van der Waals surface area contributed by atoms with Gasteiger partial charge < -0.3 is 31.5 Å². The number of carbonyl (C=O) groups excluding carboxylic acids is 2. The van der Waals surface area contributed by atoms with Gasteiger partial charge in [0.1, 0.15) is 11.4 Å². The number of nitrogens with two attached hydrogens (primary N) is 1. The number of nitrogens with one attached hydrogen (secondary N) is 3. The minimum absolute atomic E-state index is 0.0837. The van der Waals surface area contributed by atoms with Crippen molar-refractivity contribution in [2.24, 2.45) is 5.73 Å². The van der Waals surface area contributed by atoms with Gasteiger partial charge in [0.05, 0.1) is 17.9 Å². The lowest BCUT2D eigenvalue weighted by molar-refractivity contribution is -0.139. The van der Waals surface area contributed by atoms with Crippen LogP contribution in [0.3, 0.4) is 0 Å². The van der Waals surface area contributed by atoms with Crippen molar-refractivity contribution in [1.82, 2.24) is 16.0 Å². The lowest BCUT2D eigenvalue weighted by Gasteiger charge is -2.24. The average molecular weight is 388 g/mol. The number of urea groups is 1. The molecule has 11 heteroatoms. The first kappa shape index (κ1) is 20.4. The molecule has 27 heavy (non-hydrogen) atoms. The molecule has 1 aromatic rings. The molecule has 148 valence electrons. The van der Waals surface area contributed by atoms with Crippen molar-refractivity contribution in [2.45, 2.75) is 31.8 Å². The molecule has 0 radical (unpaired) electrons. The van der Waals surface area contributed by atoms with Gasteiger partial charge in [0.15, 0.2) is 6.23 Å². The highest BCUT2D eigenvalue weighted by Gasteiger charge is 2.34. The molecule has 0 fully saturated rings. The zero-order valence-electron chi connectivity index (χ0n) is 14.3. The normalized spacial score (nSPS) is 18.4. The smallest absolute Gasteiger partial charge is 0.419 e. The maximum Gasteiger partial charge on any atom is 0.419 e. The first-order chi connectivity index (χ1) is 12.6. The Labute approximate surface area is 152 Å². The fourth-order valence-electron chi connectivity index (χ4n) is 2.29. The topological polar surface area (TPSA) is 126 Å². The van der Waals surface area contributed by atoms with Crippen molar-refractivity contribution in [1.29, 1.82) is 0 Å². The fourth-order valence-corrected chi connectivity index (χ4v) is 2.29. The molecule has 1 aliphatic rings. The lowest BCUT2D eigenvalue weighted by Crippen LogP contribution is -2.54. The Balaban J connectivity index is 1.90. The number of rotatable bonds is 6. The van der Waals surface area contributed by atoms with Gasteiger partial charge in [-0.1, -0.05) is 12.1 Å². The quantitative estimate of drug-likeness (QED) is 0.492. The van der Waals surface area contributed by atoms with E-state index in [1.807, 2.05) is 0 Å². The summed E-state index contributed by atoms with van der Waals surface area (Å²) in [6, 6.07) is 3.53. The lowest BCUT2D eigenvalue weighted by atomic mass is 10.2. The molecule has 0 aromatic heterocycles. The van der Waals surface area contributed by atoms with E-state index >= 15 is 0 Å². The van der Waals surface area contributed by atoms with Gasteiger partial charge in [-0.2, -0.15) is 13.2 Å². The average Bonchev–Trinajstić information content (AvgIpc) is 2.57. The van der Waals surface area contributed by atoms with E-state index in [-0.39, 0.29) is 30.2 Å². The molecular weight excluding hydrogens is 369 g/mol. The molecule has 2 rings (SSSR count). The largest absolute Gasteiger partial charge is 0.493 e. The summed E-state index contributed by atoms with van der Waals surface area (Å²) in [5.74, 6) is -1.03. The second-order valence-electron chi connectivity index (χ2n) is 5.84. The summed E-state index contributed by atoms with van der Waals surface area (Å²) in [6.07, 6.45) is -5.83. The van der Waals surface area contributed by atoms with Crippen LogP contribution in [-0.2, 0) is 11.0 Å². The number of halogens is 3. The molecule has 1 unspecified atom stereocenters. The van der Waals surface area contributed by atoms with Gasteiger partial charge in [-0.05, 0) is 19.1 Å². The number of amides is 3. The van der Waals surface area contributed by atoms with Crippen molar-refractivity contribution < 1.29 is 32.6 Å². The number of aliphatic hydroxyl groups is 1. The van der Waals surface area contributed by atoms with Gasteiger partial charge in [0, 0.05) is 12.5 Å². The number of hydrogen-bond acceptors (Lipinski definition) is 5. The van der Waals surface area contributed by atoms with Crippen LogP contribution in [0.5, 0.6) is 5.75 Å². The van der Waals surface area contributed by atoms with Gasteiger partial charge in [0.25, 0.3) is 5.91 Å². The van der Waals surface area contributed by atoms with Crippen LogP contribution in [0.4, 0.5) is 18.0 Å². The minimum atomic E-state index is -4.53. The van der Waals surface area contributed by atoms with Gasteiger partial charge in [-0.25, -0.2) is 4.79 Å². The first-order valence-corrected chi connectivity index (χ1v) is 7.94. The highest BCUT2D eigenvalue weighted by Crippen LogP contribution is 2.35. The zero-order chi connectivity index (χ0) is 20.2. The third-order valence-corrected chi connectivity index (χ3v) is 3.70. The monoisotopic (exact) mass is 388 g/mol. The predicted molar refractivity (Wildman–Crippen MR) is 88.0 cm³/mol. The summed E-state index contributed by atoms with van der Waals surface area (Å²) >= 11 is 0. The molecule has 0 spiro atoms. The summed E-state index contributed by atoms with van der Waals surface area (Å²) in [4.78, 5) is 23.4. The maximum absolute atomic E-state index is 12.9. The number of alkyl halides is 3. The van der Waals surface area contributed by atoms with Crippen molar-refractivity contribution >= 4 is 11.9 Å². The number of ether oxygens (including phenoxy) is 1. The molecule has 3 amide bonds. The molecular formula is C16H19F3N4O4. The number of carbonyl (C=O) groups is 2. The highest BCUT2D eigenvalue weighted by molar-refractivity contribution is 5.99. The van der Waals surface area contributed by atoms with Crippen LogP contribution in [0.25, 0.3) is 0 Å². The Kier molecular flexibility index (Phi) is 6.16. The van der Waals surface area contributed by atoms with E-state index in [1.54, 1.807) is 6.92 Å². The van der Waals surface area contributed by atoms with Crippen LogP contribution >= 0.6 is 0 Å². The minimum Gasteiger partial charge on any atom is -0.493 e. The Bertz CT molecular complexity index is 751. The van der Waals surface area contributed by atoms with E-state index in [4.69, 9.17) is 10.5 Å². The summed E-state index contributed by atoms with van der Waals surface area (Å²) in [7, 11) is 0. The van der Waals surface area contributed by atoms with Crippen molar-refractivity contribution in [3.05, 3.63) is 41.2 Å². The van der Waals surface area contributed by atoms with E-state index in [0.29, 0.717) is 0 Å². The van der Waals surface area contributed by atoms with Crippen LogP contribution in [0.1, 0.15) is 18.9 Å². The molecule has 6 N–H and O–H groups in total. The molecule has 1 aromatic carbocycles. The second kappa shape index (κ2) is 8.16. The van der Waals surface area contributed by atoms with Crippen molar-refractivity contribution in [2.75, 3.05) is 6.61 Å². The third-order valence-electron chi connectivity index (χ3n) is 3.70. The van der Waals surface area contributed by atoms with Gasteiger partial charge in [-0.3, -0.25) is 4.79 Å². The molecule has 2 atom stereocenters. The van der Waals surface area contributed by atoms with Crippen LogP contribution in [-0.4, -0.2) is 35.9 Å². The Morgan fingerprint density at radius 3 is 2.74 bits per heavy atom. The Hall–Kier alpha value is -2.95. The van der Waals surface area contributed by atoms with E-state index in [0.717, 1.165) is 6.07 Å². The number of aliphatic hydroxyl groups excluding tert-OH is 1. The molecule has 0 saturated carbocycles. The van der Waals surface area contributed by atoms with Crippen LogP contribution < -0.4 is 26.4 Å². The van der Waals surface area contributed by atoms with Crippen LogP contribution in [0, 0.1) is 0 Å². The van der Waals surface area contributed by atoms with Crippen LogP contribution in [0.2, 0.25) is 0 Å². The number of hydrogen-bond donors (Lipinski definition) is 5. The third kappa shape index (κ3) is 5.26. The van der Waals surface area contributed by atoms with Gasteiger partial charge in [-0.15, -0.1) is 0 Å². The van der Waals surface area contributed by atoms with E-state index in [1.165, 1.54) is 18.2 Å². The summed E-state index contributed by atoms with van der Waals surface area (Å²) in [6.45, 7) is 1.52. The number of para-hydroxylation sites is 1. The molecule has 1 aliphatic heterocycles. The first-order valence-electron chi connectivity index (χ1n) is 7.94. The second-order valence-corrected chi connectivity index (χ2v) is 5.84. The molecule has 8 nitrogen and oxygen atoms in total. The van der Waals surface area contributed by atoms with Crippen molar-refractivity contribution in [3.8, 4) is 5.75 Å². The van der Waals surface area contributed by atoms with E-state index in [2.05, 4.69) is 16.0 Å². The summed E-state index contributed by atoms with van der Waals surface area (Å²) in [5, 5.41) is 16.3. The SMILES string of the molecule is C[C@H](CCOc1ccccc1C(F)(F)F)NC(=O)C1=C(N)C(O)NC(=O)N1. The zero-order valence-corrected chi connectivity index (χ0v) is 14.3. The Morgan fingerprint density at radius 2 is 2.07 bits per heavy atom. The van der Waals surface area contributed by atoms with Crippen molar-refractivity contribution in [3.63, 3.8) is 0 Å². The molecule has 0 bridgehead atoms. The number of benzene rings is 1. The fraction of sp³-hybridized carbons (Fsp3) is 0.375. The summed E-state index contributed by atoms with van der Waals surface area (Å²) in [5.41, 5.74) is 4.13. The summed E-state index contributed by atoms with van der Waals surface area (Å²) < 4.78 is 43.9. The van der Waals surface area contributed by atoms with E-state index < -0.39 is 35.9 Å². The predicted octanol–water partition coefficient (Wildman–Crippen LogP) is 0.780. The van der Waals surface area contributed by atoms with Gasteiger partial charge >= 0.3 is 12.2 Å². The molecule has 0 saturated heterocycles. The highest BCUT2D eigenvalue weighted by atomic mass is 19.4. The Morgan fingerprint density at radius 1 is 1.41 bits per heavy atom. The van der Waals surface area contributed by atoms with E-state index in [9.17, 15) is 27.9 Å². The standard InChI is InChI=1S/C16H19F3N4O4/c1-8(21-14(25)12-11(20)13(24)23-15(26)22-12)6-7-27-10-5-3-2-4-9(10)16(17,18)19/h2-5,8,13,24H,6-7,20H2,1H3,(H,21,25)(H2,22,23,26)/t8-,13?/m1/s1. The maximum atomic E-state index is 12.9. The van der Waals surface area contributed by atoms with Crippen LogP contribution in [0.15, 0.2) is 35.7 Å².